The van der Waals surface area contributed by atoms with E-state index in [2.05, 4.69) is 0 Å². The van der Waals surface area contributed by atoms with Crippen molar-refractivity contribution < 1.29 is 0 Å². The summed E-state index contributed by atoms with van der Waals surface area (Å²) in [6.45, 7) is 1.63. The van der Waals surface area contributed by atoms with Crippen molar-refractivity contribution in [3.63, 3.8) is 0 Å². The second-order valence-corrected chi connectivity index (χ2v) is 3.26. The smallest absolute Gasteiger partial charge is 0.0973 e. The molecule has 0 rings (SSSR count). The van der Waals surface area contributed by atoms with E-state index >= 15 is 0 Å². The molecular formula is C4H5Cl3. The molecule has 0 saturated carbocycles. The Balaban J connectivity index is 3.56. The van der Waals surface area contributed by atoms with Crippen LogP contribution >= 0.6 is 34.8 Å². The highest BCUT2D eigenvalue weighted by atomic mass is 35.5. The van der Waals surface area contributed by atoms with E-state index in [9.17, 15) is 0 Å². The monoisotopic (exact) mass is 158 g/mol. The first-order valence-electron chi connectivity index (χ1n) is 1.72. The van der Waals surface area contributed by atoms with Gasteiger partial charge in [-0.15, -0.1) is 0 Å². The Morgan fingerprint density at radius 3 is 1.86 bits per heavy atom. The molecule has 0 aliphatic rings. The highest BCUT2D eigenvalue weighted by Gasteiger charge is 2.08. The number of allylic oxidation sites excluding steroid dienone is 1. The molecule has 0 saturated heterocycles. The Hall–Kier alpha value is 0.610. The predicted octanol–water partition coefficient (Wildman–Crippen LogP) is 2.93. The van der Waals surface area contributed by atoms with Crippen molar-refractivity contribution in [2.45, 2.75) is 11.3 Å². The maximum Gasteiger partial charge on any atom is 0.134 e. The first kappa shape index (κ1) is 7.61. The van der Waals surface area contributed by atoms with Crippen LogP contribution in [0.5, 0.6) is 0 Å². The summed E-state index contributed by atoms with van der Waals surface area (Å²) in [5.74, 6) is 0. The molecule has 0 aliphatic carbocycles. The van der Waals surface area contributed by atoms with E-state index in [-0.39, 0.29) is 0 Å². The number of hydrogen-bond donors (Lipinski definition) is 0. The van der Waals surface area contributed by atoms with Crippen molar-refractivity contribution in [3.8, 4) is 0 Å². The van der Waals surface area contributed by atoms with Gasteiger partial charge in [0.15, 0.2) is 0 Å². The Bertz CT molecular complexity index is 69.5. The summed E-state index contributed by atoms with van der Waals surface area (Å²) < 4.78 is -0.818. The Kier molecular flexibility index (Phi) is 3.05. The molecule has 0 atom stereocenters. The lowest BCUT2D eigenvalue weighted by Crippen LogP contribution is -1.97. The van der Waals surface area contributed by atoms with E-state index in [1.54, 1.807) is 6.92 Å². The zero-order valence-corrected chi connectivity index (χ0v) is 6.06. The molecule has 0 fully saturated rings. The lowest BCUT2D eigenvalue weighted by molar-refractivity contribution is 1.12. The third kappa shape index (κ3) is 6.61. The molecule has 0 heterocycles. The van der Waals surface area contributed by atoms with Crippen molar-refractivity contribution in [2.75, 3.05) is 0 Å². The topological polar surface area (TPSA) is 0 Å². The molecular weight excluding hydrogens is 154 g/mol. The van der Waals surface area contributed by atoms with Gasteiger partial charge in [0.1, 0.15) is 4.33 Å². The lowest BCUT2D eigenvalue weighted by Gasteiger charge is -2.02. The van der Waals surface area contributed by atoms with Crippen LogP contribution in [0.25, 0.3) is 0 Å². The van der Waals surface area contributed by atoms with Crippen LogP contribution in [0.4, 0.5) is 0 Å². The van der Waals surface area contributed by atoms with Crippen LogP contribution in [0, 0.1) is 0 Å². The third-order valence-corrected chi connectivity index (χ3v) is 0.734. The fraction of sp³-hybridized carbons (Fsp3) is 0.500. The first-order chi connectivity index (χ1) is 3.06. The van der Waals surface area contributed by atoms with Crippen molar-refractivity contribution >= 4 is 34.8 Å². The van der Waals surface area contributed by atoms with Gasteiger partial charge < -0.3 is 0 Å². The van der Waals surface area contributed by atoms with Gasteiger partial charge in [-0.3, -0.25) is 0 Å². The molecule has 3 heteroatoms. The van der Waals surface area contributed by atoms with E-state index < -0.39 is 4.33 Å². The lowest BCUT2D eigenvalue weighted by atomic mass is 10.5. The molecule has 0 aliphatic heterocycles. The molecule has 0 aromatic carbocycles. The number of hydrogen-bond acceptors (Lipinski definition) is 0. The van der Waals surface area contributed by atoms with Gasteiger partial charge >= 0.3 is 0 Å². The van der Waals surface area contributed by atoms with E-state index in [0.717, 1.165) is 0 Å². The number of alkyl halides is 2. The number of halogens is 3. The van der Waals surface area contributed by atoms with Crippen LogP contribution in [-0.4, -0.2) is 4.33 Å². The molecule has 0 bridgehead atoms. The minimum absolute atomic E-state index is 0.818. The molecule has 0 amide bonds. The Morgan fingerprint density at radius 1 is 1.43 bits per heavy atom. The summed E-state index contributed by atoms with van der Waals surface area (Å²) in [7, 11) is 0. The molecule has 42 valence electrons. The fourth-order valence-corrected chi connectivity index (χ4v) is 0.618. The summed E-state index contributed by atoms with van der Waals surface area (Å²) in [4.78, 5) is 0. The van der Waals surface area contributed by atoms with Crippen LogP contribution in [-0.2, 0) is 0 Å². The molecule has 0 aromatic rings. The van der Waals surface area contributed by atoms with Crippen LogP contribution < -0.4 is 0 Å². The first-order valence-corrected chi connectivity index (χ1v) is 2.91. The van der Waals surface area contributed by atoms with Gasteiger partial charge in [-0.25, -0.2) is 0 Å². The minimum atomic E-state index is -0.818. The molecule has 0 unspecified atom stereocenters. The highest BCUT2D eigenvalue weighted by molar-refractivity contribution is 6.49. The average Bonchev–Trinajstić information content (AvgIpc) is 1.30. The minimum Gasteiger partial charge on any atom is -0.0973 e. The van der Waals surface area contributed by atoms with Gasteiger partial charge in [-0.05, 0) is 13.0 Å². The zero-order chi connectivity index (χ0) is 5.91. The van der Waals surface area contributed by atoms with Crippen molar-refractivity contribution in [2.24, 2.45) is 0 Å². The summed E-state index contributed by atoms with van der Waals surface area (Å²) in [6.07, 6.45) is 1.48. The van der Waals surface area contributed by atoms with Crippen LogP contribution in [0.2, 0.25) is 0 Å². The molecule has 0 nitrogen and oxygen atoms in total. The maximum absolute atomic E-state index is 5.43. The second kappa shape index (κ2) is 2.81. The molecule has 0 aromatic heterocycles. The van der Waals surface area contributed by atoms with Crippen molar-refractivity contribution in [1.82, 2.24) is 0 Å². The largest absolute Gasteiger partial charge is 0.134 e. The summed E-state index contributed by atoms with van der Waals surface area (Å²) >= 11 is 16.0. The van der Waals surface area contributed by atoms with E-state index in [0.29, 0.717) is 0 Å². The SMILES string of the molecule is CC(Cl)(Cl)/C=C/Cl. The molecule has 7 heavy (non-hydrogen) atoms. The van der Waals surface area contributed by atoms with Crippen LogP contribution in [0.3, 0.4) is 0 Å². The summed E-state index contributed by atoms with van der Waals surface area (Å²) in [6, 6.07) is 0. The van der Waals surface area contributed by atoms with Crippen LogP contribution in [0.15, 0.2) is 11.6 Å². The Labute approximate surface area is 58.1 Å². The second-order valence-electron chi connectivity index (χ2n) is 1.25. The molecule has 0 N–H and O–H groups in total. The molecule has 0 spiro atoms. The third-order valence-electron chi connectivity index (χ3n) is 0.356. The van der Waals surface area contributed by atoms with Gasteiger partial charge in [0, 0.05) is 5.54 Å². The van der Waals surface area contributed by atoms with Crippen molar-refractivity contribution in [1.29, 1.82) is 0 Å². The highest BCUT2D eigenvalue weighted by Crippen LogP contribution is 2.20. The van der Waals surface area contributed by atoms with Gasteiger partial charge in [-0.1, -0.05) is 34.8 Å². The standard InChI is InChI=1S/C4H5Cl3/c1-4(6,7)2-3-5/h2-3H,1H3/b3-2+. The van der Waals surface area contributed by atoms with Crippen molar-refractivity contribution in [3.05, 3.63) is 11.6 Å². The molecule has 0 radical (unpaired) electrons. The van der Waals surface area contributed by atoms with Crippen LogP contribution in [0.1, 0.15) is 6.92 Å². The zero-order valence-electron chi connectivity index (χ0n) is 3.79. The van der Waals surface area contributed by atoms with E-state index in [4.69, 9.17) is 34.8 Å². The van der Waals surface area contributed by atoms with E-state index in [1.807, 2.05) is 0 Å². The Morgan fingerprint density at radius 2 is 1.86 bits per heavy atom. The normalized spacial score (nSPS) is 13.1. The predicted molar refractivity (Wildman–Crippen MR) is 35.1 cm³/mol. The van der Waals surface area contributed by atoms with Gasteiger partial charge in [0.05, 0.1) is 0 Å². The number of rotatable bonds is 1. The van der Waals surface area contributed by atoms with Gasteiger partial charge in [-0.2, -0.15) is 0 Å². The van der Waals surface area contributed by atoms with Gasteiger partial charge in [0.25, 0.3) is 0 Å². The summed E-state index contributed by atoms with van der Waals surface area (Å²) in [5, 5.41) is 0. The summed E-state index contributed by atoms with van der Waals surface area (Å²) in [5.41, 5.74) is 1.29. The maximum atomic E-state index is 5.43. The quantitative estimate of drug-likeness (QED) is 0.516. The van der Waals surface area contributed by atoms with Gasteiger partial charge in [0.2, 0.25) is 0 Å². The fourth-order valence-electron chi connectivity index (χ4n) is 0.111. The van der Waals surface area contributed by atoms with E-state index in [1.165, 1.54) is 11.6 Å². The average molecular weight is 159 g/mol.